The summed E-state index contributed by atoms with van der Waals surface area (Å²) in [5.41, 5.74) is 1.53. The summed E-state index contributed by atoms with van der Waals surface area (Å²) in [5.74, 6) is -0.615. The summed E-state index contributed by atoms with van der Waals surface area (Å²) in [6.07, 6.45) is 1.31. The first-order chi connectivity index (χ1) is 8.97. The highest BCUT2D eigenvalue weighted by Gasteiger charge is 2.13. The van der Waals surface area contributed by atoms with Crippen LogP contribution in [0.4, 0.5) is 5.95 Å². The van der Waals surface area contributed by atoms with Crippen LogP contribution < -0.4 is 5.32 Å². The molecule has 6 nitrogen and oxygen atoms in total. The van der Waals surface area contributed by atoms with Gasteiger partial charge < -0.3 is 10.4 Å². The number of hydrogen-bond acceptors (Lipinski definition) is 6. The normalized spacial score (nSPS) is 12.2. The summed E-state index contributed by atoms with van der Waals surface area (Å²) in [6.45, 7) is 5.55. The van der Waals surface area contributed by atoms with Crippen molar-refractivity contribution >= 4 is 23.3 Å². The predicted molar refractivity (Wildman–Crippen MR) is 72.6 cm³/mol. The molecule has 1 unspecified atom stereocenters. The molecule has 0 saturated carbocycles. The molecule has 0 amide bonds. The average molecular weight is 278 g/mol. The van der Waals surface area contributed by atoms with Gasteiger partial charge in [0.1, 0.15) is 5.01 Å². The van der Waals surface area contributed by atoms with E-state index in [1.54, 1.807) is 18.3 Å². The van der Waals surface area contributed by atoms with Crippen molar-refractivity contribution in [2.24, 2.45) is 0 Å². The molecule has 0 fully saturated rings. The molecule has 2 heterocycles. The summed E-state index contributed by atoms with van der Waals surface area (Å²) in [4.78, 5) is 23.4. The van der Waals surface area contributed by atoms with Crippen LogP contribution in [0.1, 0.15) is 39.7 Å². The summed E-state index contributed by atoms with van der Waals surface area (Å²) < 4.78 is 0. The van der Waals surface area contributed by atoms with E-state index in [0.717, 1.165) is 10.7 Å². The Balaban J connectivity index is 2.15. The van der Waals surface area contributed by atoms with Crippen LogP contribution in [-0.2, 0) is 0 Å². The van der Waals surface area contributed by atoms with Crippen LogP contribution >= 0.6 is 11.3 Å². The Hall–Kier alpha value is -2.02. The van der Waals surface area contributed by atoms with E-state index in [1.165, 1.54) is 6.20 Å². The molecule has 0 bridgehead atoms. The number of hydrogen-bond donors (Lipinski definition) is 2. The van der Waals surface area contributed by atoms with Crippen molar-refractivity contribution in [3.8, 4) is 0 Å². The number of aromatic nitrogens is 3. The molecule has 2 aromatic rings. The number of carboxylic acids is 1. The SMILES string of the molecule is Cc1csc(C(C)Nc2ncc(C(=O)O)c(C)n2)n1. The van der Waals surface area contributed by atoms with Crippen molar-refractivity contribution in [2.45, 2.75) is 26.8 Å². The summed E-state index contributed by atoms with van der Waals surface area (Å²) in [6, 6.07) is -0.0196. The molecular weight excluding hydrogens is 264 g/mol. The van der Waals surface area contributed by atoms with Gasteiger partial charge in [-0.3, -0.25) is 0 Å². The largest absolute Gasteiger partial charge is 0.478 e. The van der Waals surface area contributed by atoms with E-state index in [2.05, 4.69) is 20.3 Å². The molecule has 19 heavy (non-hydrogen) atoms. The van der Waals surface area contributed by atoms with E-state index in [0.29, 0.717) is 11.6 Å². The third-order valence-corrected chi connectivity index (χ3v) is 3.71. The van der Waals surface area contributed by atoms with Crippen molar-refractivity contribution in [3.63, 3.8) is 0 Å². The van der Waals surface area contributed by atoms with Gasteiger partial charge in [-0.15, -0.1) is 11.3 Å². The lowest BCUT2D eigenvalue weighted by Gasteiger charge is -2.11. The smallest absolute Gasteiger partial charge is 0.339 e. The van der Waals surface area contributed by atoms with Gasteiger partial charge in [0.25, 0.3) is 0 Å². The minimum Gasteiger partial charge on any atom is -0.478 e. The van der Waals surface area contributed by atoms with Crippen molar-refractivity contribution in [3.05, 3.63) is 33.5 Å². The molecule has 0 radical (unpaired) electrons. The van der Waals surface area contributed by atoms with Crippen molar-refractivity contribution < 1.29 is 9.90 Å². The molecule has 0 saturated heterocycles. The standard InChI is InChI=1S/C12H14N4O2S/c1-6-5-19-10(14-6)8(3)16-12-13-4-9(11(17)18)7(2)15-12/h4-5,8H,1-3H3,(H,17,18)(H,13,15,16). The van der Waals surface area contributed by atoms with Crippen LogP contribution in [0.2, 0.25) is 0 Å². The summed E-state index contributed by atoms with van der Waals surface area (Å²) >= 11 is 1.57. The minimum absolute atomic E-state index is 0.0196. The van der Waals surface area contributed by atoms with Gasteiger partial charge in [0.15, 0.2) is 0 Å². The Morgan fingerprint density at radius 2 is 2.16 bits per heavy atom. The molecule has 0 aliphatic carbocycles. The molecule has 100 valence electrons. The molecule has 0 spiro atoms. The molecule has 2 aromatic heterocycles. The Labute approximate surface area is 114 Å². The molecule has 2 N–H and O–H groups in total. The van der Waals surface area contributed by atoms with Crippen molar-refractivity contribution in [1.29, 1.82) is 0 Å². The monoisotopic (exact) mass is 278 g/mol. The number of aryl methyl sites for hydroxylation is 2. The van der Waals surface area contributed by atoms with Crippen LogP contribution in [0.5, 0.6) is 0 Å². The van der Waals surface area contributed by atoms with Gasteiger partial charge in [-0.25, -0.2) is 19.7 Å². The van der Waals surface area contributed by atoms with E-state index < -0.39 is 5.97 Å². The van der Waals surface area contributed by atoms with Crippen molar-refractivity contribution in [2.75, 3.05) is 5.32 Å². The van der Waals surface area contributed by atoms with Gasteiger partial charge >= 0.3 is 5.97 Å². The molecule has 0 aliphatic heterocycles. The highest BCUT2D eigenvalue weighted by atomic mass is 32.1. The van der Waals surface area contributed by atoms with Gasteiger partial charge in [-0.1, -0.05) is 0 Å². The second-order valence-corrected chi connectivity index (χ2v) is 5.08. The molecule has 2 rings (SSSR count). The zero-order valence-corrected chi connectivity index (χ0v) is 11.7. The van der Waals surface area contributed by atoms with E-state index in [1.807, 2.05) is 19.2 Å². The van der Waals surface area contributed by atoms with Crippen molar-refractivity contribution in [1.82, 2.24) is 15.0 Å². The average Bonchev–Trinajstić information content (AvgIpc) is 2.75. The number of nitrogens with one attached hydrogen (secondary N) is 1. The van der Waals surface area contributed by atoms with Crippen LogP contribution in [0.15, 0.2) is 11.6 Å². The zero-order chi connectivity index (χ0) is 14.0. The maximum Gasteiger partial charge on any atom is 0.339 e. The molecule has 0 aromatic carbocycles. The lowest BCUT2D eigenvalue weighted by Crippen LogP contribution is -2.11. The third kappa shape index (κ3) is 3.05. The summed E-state index contributed by atoms with van der Waals surface area (Å²) in [7, 11) is 0. The van der Waals surface area contributed by atoms with E-state index in [9.17, 15) is 4.79 Å². The molecular formula is C12H14N4O2S. The van der Waals surface area contributed by atoms with Gasteiger partial charge in [0.05, 0.1) is 17.3 Å². The third-order valence-electron chi connectivity index (χ3n) is 2.56. The lowest BCUT2D eigenvalue weighted by molar-refractivity contribution is 0.0695. The zero-order valence-electron chi connectivity index (χ0n) is 10.8. The van der Waals surface area contributed by atoms with Gasteiger partial charge in [-0.2, -0.15) is 0 Å². The molecule has 1 atom stereocenters. The van der Waals surface area contributed by atoms with Crippen LogP contribution in [-0.4, -0.2) is 26.0 Å². The predicted octanol–water partition coefficient (Wildman–Crippen LogP) is 2.42. The Morgan fingerprint density at radius 1 is 1.42 bits per heavy atom. The molecule has 0 aliphatic rings. The van der Waals surface area contributed by atoms with Crippen LogP contribution in [0, 0.1) is 13.8 Å². The fourth-order valence-corrected chi connectivity index (χ4v) is 2.38. The first-order valence-electron chi connectivity index (χ1n) is 5.73. The van der Waals surface area contributed by atoms with E-state index in [4.69, 9.17) is 5.11 Å². The molecule has 7 heteroatoms. The number of carboxylic acid groups (broad SMARTS) is 1. The van der Waals surface area contributed by atoms with E-state index >= 15 is 0 Å². The number of carbonyl (C=O) groups is 1. The van der Waals surface area contributed by atoms with Crippen LogP contribution in [0.3, 0.4) is 0 Å². The first kappa shape index (κ1) is 13.4. The highest BCUT2D eigenvalue weighted by molar-refractivity contribution is 7.09. The maximum absolute atomic E-state index is 10.9. The first-order valence-corrected chi connectivity index (χ1v) is 6.61. The van der Waals surface area contributed by atoms with Gasteiger partial charge in [-0.05, 0) is 20.8 Å². The summed E-state index contributed by atoms with van der Waals surface area (Å²) in [5, 5.41) is 14.9. The fraction of sp³-hybridized carbons (Fsp3) is 0.333. The number of aromatic carboxylic acids is 1. The second kappa shape index (κ2) is 5.31. The fourth-order valence-electron chi connectivity index (χ4n) is 1.57. The number of anilines is 1. The van der Waals surface area contributed by atoms with Gasteiger partial charge in [0.2, 0.25) is 5.95 Å². The quantitative estimate of drug-likeness (QED) is 0.893. The Morgan fingerprint density at radius 3 is 2.68 bits per heavy atom. The Kier molecular flexibility index (Phi) is 3.75. The number of thiazole rings is 1. The number of rotatable bonds is 4. The second-order valence-electron chi connectivity index (χ2n) is 4.19. The van der Waals surface area contributed by atoms with E-state index in [-0.39, 0.29) is 11.6 Å². The lowest BCUT2D eigenvalue weighted by atomic mass is 10.2. The maximum atomic E-state index is 10.9. The Bertz CT molecular complexity index is 612. The van der Waals surface area contributed by atoms with Gasteiger partial charge in [0, 0.05) is 17.3 Å². The number of nitrogens with zero attached hydrogens (tertiary/aromatic N) is 3. The topological polar surface area (TPSA) is 88.0 Å². The minimum atomic E-state index is -1.02. The highest BCUT2D eigenvalue weighted by Crippen LogP contribution is 2.20. The van der Waals surface area contributed by atoms with Crippen LogP contribution in [0.25, 0.3) is 0 Å².